The number of hydrogen-bond acceptors (Lipinski definition) is 6. The Labute approximate surface area is 159 Å². The molecule has 2 heterocycles. The van der Waals surface area contributed by atoms with Gasteiger partial charge >= 0.3 is 6.03 Å². The van der Waals surface area contributed by atoms with E-state index in [1.54, 1.807) is 18.3 Å². The van der Waals surface area contributed by atoms with Crippen LogP contribution >= 0.6 is 15.9 Å². The largest absolute Gasteiger partial charge is 0.489 e. The number of benzene rings is 1. The highest BCUT2D eigenvalue weighted by atomic mass is 79.9. The molecule has 0 saturated carbocycles. The Bertz CT molecular complexity index is 751. The predicted molar refractivity (Wildman–Crippen MR) is 102 cm³/mol. The standard InChI is InChI=1S/C17H20BrN5O3/c1-11-7-21-16(9-20-11)23-17(24)22-14-6-12(18)2-3-15(14)26-10-13-8-19-4-5-25-13/h2-3,6-7,9,13,19H,4-5,8,10H2,1H3,(H2,21,22,23,24)/t13-/m0/s1. The lowest BCUT2D eigenvalue weighted by atomic mass is 10.3. The molecule has 1 aromatic heterocycles. The number of nitrogens with zero attached hydrogens (tertiary/aromatic N) is 2. The minimum atomic E-state index is -0.429. The van der Waals surface area contributed by atoms with Crippen LogP contribution in [0.2, 0.25) is 0 Å². The number of hydrogen-bond donors (Lipinski definition) is 3. The van der Waals surface area contributed by atoms with Crippen LogP contribution in [0.25, 0.3) is 0 Å². The van der Waals surface area contributed by atoms with E-state index < -0.39 is 6.03 Å². The second-order valence-electron chi connectivity index (χ2n) is 5.77. The summed E-state index contributed by atoms with van der Waals surface area (Å²) in [5.41, 5.74) is 1.32. The molecule has 2 aromatic rings. The minimum absolute atomic E-state index is 0.0168. The van der Waals surface area contributed by atoms with E-state index in [0.717, 1.165) is 23.3 Å². The van der Waals surface area contributed by atoms with Crippen molar-refractivity contribution in [3.8, 4) is 5.75 Å². The number of aryl methyl sites for hydroxylation is 1. The predicted octanol–water partition coefficient (Wildman–Crippen LogP) is 2.56. The van der Waals surface area contributed by atoms with Gasteiger partial charge in [-0.15, -0.1) is 0 Å². The van der Waals surface area contributed by atoms with Crippen molar-refractivity contribution in [1.82, 2.24) is 15.3 Å². The van der Waals surface area contributed by atoms with Crippen LogP contribution in [-0.2, 0) is 4.74 Å². The van der Waals surface area contributed by atoms with Gasteiger partial charge in [0.25, 0.3) is 0 Å². The van der Waals surface area contributed by atoms with Crippen molar-refractivity contribution in [1.29, 1.82) is 0 Å². The normalized spacial score (nSPS) is 16.8. The Morgan fingerprint density at radius 2 is 2.27 bits per heavy atom. The van der Waals surface area contributed by atoms with E-state index in [0.29, 0.717) is 30.5 Å². The maximum absolute atomic E-state index is 12.2. The number of anilines is 2. The van der Waals surface area contributed by atoms with E-state index in [1.807, 2.05) is 13.0 Å². The second-order valence-corrected chi connectivity index (χ2v) is 6.69. The molecule has 0 unspecified atom stereocenters. The van der Waals surface area contributed by atoms with E-state index in [1.165, 1.54) is 6.20 Å². The van der Waals surface area contributed by atoms with Gasteiger partial charge in [0.15, 0.2) is 5.82 Å². The molecule has 0 aliphatic carbocycles. The summed E-state index contributed by atoms with van der Waals surface area (Å²) in [4.78, 5) is 20.4. The minimum Gasteiger partial charge on any atom is -0.489 e. The smallest absolute Gasteiger partial charge is 0.325 e. The second kappa shape index (κ2) is 8.93. The lowest BCUT2D eigenvalue weighted by Crippen LogP contribution is -2.41. The van der Waals surface area contributed by atoms with Gasteiger partial charge in [0.05, 0.1) is 30.4 Å². The van der Waals surface area contributed by atoms with Gasteiger partial charge in [0, 0.05) is 17.6 Å². The molecule has 1 saturated heterocycles. The van der Waals surface area contributed by atoms with Gasteiger partial charge in [-0.05, 0) is 25.1 Å². The molecular weight excluding hydrogens is 402 g/mol. The molecule has 1 aromatic carbocycles. The summed E-state index contributed by atoms with van der Waals surface area (Å²) in [5.74, 6) is 0.930. The van der Waals surface area contributed by atoms with Crippen LogP contribution in [0.4, 0.5) is 16.3 Å². The van der Waals surface area contributed by atoms with Gasteiger partial charge in [0.2, 0.25) is 0 Å². The number of morpholine rings is 1. The first-order valence-corrected chi connectivity index (χ1v) is 9.01. The summed E-state index contributed by atoms with van der Waals surface area (Å²) in [6.45, 7) is 4.48. The van der Waals surface area contributed by atoms with Crippen LogP contribution < -0.4 is 20.7 Å². The SMILES string of the molecule is Cc1cnc(NC(=O)Nc2cc(Br)ccc2OC[C@@H]2CNCCO2)cn1. The number of carbonyl (C=O) groups excluding carboxylic acids is 1. The molecule has 0 spiro atoms. The zero-order valence-electron chi connectivity index (χ0n) is 14.3. The fourth-order valence-electron chi connectivity index (χ4n) is 2.36. The van der Waals surface area contributed by atoms with E-state index in [-0.39, 0.29) is 6.10 Å². The Hall–Kier alpha value is -2.23. The van der Waals surface area contributed by atoms with Crippen LogP contribution in [0, 0.1) is 6.92 Å². The van der Waals surface area contributed by atoms with Gasteiger partial charge in [0.1, 0.15) is 18.5 Å². The molecule has 26 heavy (non-hydrogen) atoms. The van der Waals surface area contributed by atoms with Crippen LogP contribution in [-0.4, -0.2) is 48.4 Å². The third-order valence-corrected chi connectivity index (χ3v) is 4.13. The Kier molecular flexibility index (Phi) is 6.37. The fourth-order valence-corrected chi connectivity index (χ4v) is 2.72. The lowest BCUT2D eigenvalue weighted by Gasteiger charge is -2.24. The molecule has 9 heteroatoms. The molecule has 1 aliphatic heterocycles. The quantitative estimate of drug-likeness (QED) is 0.686. The summed E-state index contributed by atoms with van der Waals surface area (Å²) >= 11 is 3.40. The first-order chi connectivity index (χ1) is 12.6. The Balaban J connectivity index is 1.62. The average molecular weight is 422 g/mol. The topological polar surface area (TPSA) is 97.4 Å². The number of halogens is 1. The van der Waals surface area contributed by atoms with Gasteiger partial charge in [-0.25, -0.2) is 9.78 Å². The van der Waals surface area contributed by atoms with Crippen LogP contribution in [0.15, 0.2) is 35.1 Å². The number of carbonyl (C=O) groups is 1. The van der Waals surface area contributed by atoms with E-state index in [2.05, 4.69) is 41.8 Å². The van der Waals surface area contributed by atoms with Crippen molar-refractivity contribution in [2.75, 3.05) is 36.9 Å². The monoisotopic (exact) mass is 421 g/mol. The van der Waals surface area contributed by atoms with Crippen molar-refractivity contribution in [2.24, 2.45) is 0 Å². The first kappa shape index (κ1) is 18.6. The molecule has 1 atom stereocenters. The molecule has 8 nitrogen and oxygen atoms in total. The number of amides is 2. The van der Waals surface area contributed by atoms with Crippen LogP contribution in [0.1, 0.15) is 5.69 Å². The van der Waals surface area contributed by atoms with Crippen molar-refractivity contribution >= 4 is 33.5 Å². The van der Waals surface area contributed by atoms with E-state index in [9.17, 15) is 4.79 Å². The summed E-state index contributed by atoms with van der Waals surface area (Å²) in [6.07, 6.45) is 3.07. The maximum atomic E-state index is 12.2. The molecule has 0 bridgehead atoms. The van der Waals surface area contributed by atoms with Gasteiger partial charge in [-0.3, -0.25) is 10.3 Å². The summed E-state index contributed by atoms with van der Waals surface area (Å²) in [6, 6.07) is 4.99. The number of aromatic nitrogens is 2. The van der Waals surface area contributed by atoms with Gasteiger partial charge in [-0.2, -0.15) is 0 Å². The van der Waals surface area contributed by atoms with Crippen molar-refractivity contribution in [3.05, 3.63) is 40.8 Å². The van der Waals surface area contributed by atoms with Crippen molar-refractivity contribution < 1.29 is 14.3 Å². The van der Waals surface area contributed by atoms with E-state index >= 15 is 0 Å². The Morgan fingerprint density at radius 1 is 1.38 bits per heavy atom. The van der Waals surface area contributed by atoms with Crippen LogP contribution in [0.5, 0.6) is 5.75 Å². The molecule has 3 rings (SSSR count). The van der Waals surface area contributed by atoms with Crippen molar-refractivity contribution in [2.45, 2.75) is 13.0 Å². The summed E-state index contributed by atoms with van der Waals surface area (Å²) < 4.78 is 12.3. The number of nitrogens with one attached hydrogen (secondary N) is 3. The third kappa shape index (κ3) is 5.38. The van der Waals surface area contributed by atoms with Crippen LogP contribution in [0.3, 0.4) is 0 Å². The van der Waals surface area contributed by atoms with Crippen molar-refractivity contribution in [3.63, 3.8) is 0 Å². The highest BCUT2D eigenvalue weighted by Gasteiger charge is 2.16. The molecule has 138 valence electrons. The zero-order chi connectivity index (χ0) is 18.4. The molecule has 3 N–H and O–H groups in total. The molecular formula is C17H20BrN5O3. The molecule has 2 amide bonds. The Morgan fingerprint density at radius 3 is 3.00 bits per heavy atom. The molecule has 0 radical (unpaired) electrons. The highest BCUT2D eigenvalue weighted by Crippen LogP contribution is 2.28. The number of rotatable bonds is 5. The fraction of sp³-hybridized carbons (Fsp3) is 0.353. The number of ether oxygens (including phenoxy) is 2. The van der Waals surface area contributed by atoms with Gasteiger partial charge < -0.3 is 20.1 Å². The highest BCUT2D eigenvalue weighted by molar-refractivity contribution is 9.10. The zero-order valence-corrected chi connectivity index (χ0v) is 15.9. The molecule has 1 aliphatic rings. The van der Waals surface area contributed by atoms with Gasteiger partial charge in [-0.1, -0.05) is 15.9 Å². The molecule has 1 fully saturated rings. The maximum Gasteiger partial charge on any atom is 0.325 e. The lowest BCUT2D eigenvalue weighted by molar-refractivity contribution is 0.000349. The number of urea groups is 1. The average Bonchev–Trinajstić information content (AvgIpc) is 2.64. The summed E-state index contributed by atoms with van der Waals surface area (Å²) in [7, 11) is 0. The third-order valence-electron chi connectivity index (χ3n) is 3.64. The first-order valence-electron chi connectivity index (χ1n) is 8.21. The van der Waals surface area contributed by atoms with E-state index in [4.69, 9.17) is 9.47 Å². The summed E-state index contributed by atoms with van der Waals surface area (Å²) in [5, 5.41) is 8.67.